The SMILES string of the molecule is CCOC(=O)c1cc(N2CCN(Cc3noc(C)n3)CC2)ccc1[N+](=O)[O-]. The van der Waals surface area contributed by atoms with Gasteiger partial charge in [0.05, 0.1) is 18.1 Å². The fourth-order valence-electron chi connectivity index (χ4n) is 3.02. The molecule has 1 aromatic carbocycles. The molecule has 0 amide bonds. The standard InChI is InChI=1S/C17H21N5O5/c1-3-26-17(23)14-10-13(4-5-15(14)22(24)25)21-8-6-20(7-9-21)11-16-18-12(2)27-19-16/h4-5,10H,3,6-9,11H2,1-2H3. The van der Waals surface area contributed by atoms with Gasteiger partial charge >= 0.3 is 5.97 Å². The Balaban J connectivity index is 1.69. The number of nitro benzene ring substituents is 1. The maximum absolute atomic E-state index is 12.1. The summed E-state index contributed by atoms with van der Waals surface area (Å²) < 4.78 is 9.94. The number of carbonyl (C=O) groups is 1. The molecule has 10 heteroatoms. The van der Waals surface area contributed by atoms with Crippen LogP contribution in [-0.4, -0.2) is 58.7 Å². The minimum Gasteiger partial charge on any atom is -0.462 e. The zero-order valence-corrected chi connectivity index (χ0v) is 15.3. The molecule has 0 unspecified atom stereocenters. The Bertz CT molecular complexity index is 829. The predicted octanol–water partition coefficient (Wildman–Crippen LogP) is 1.79. The van der Waals surface area contributed by atoms with E-state index in [1.807, 2.05) is 0 Å². The summed E-state index contributed by atoms with van der Waals surface area (Å²) in [6, 6.07) is 4.56. The predicted molar refractivity (Wildman–Crippen MR) is 95.6 cm³/mol. The molecular weight excluding hydrogens is 354 g/mol. The molecule has 10 nitrogen and oxygen atoms in total. The number of rotatable bonds is 6. The van der Waals surface area contributed by atoms with Gasteiger partial charge in [0.1, 0.15) is 5.56 Å². The van der Waals surface area contributed by atoms with Crippen LogP contribution in [0.25, 0.3) is 0 Å². The molecule has 0 saturated carbocycles. The number of hydrogen-bond donors (Lipinski definition) is 0. The number of benzene rings is 1. The van der Waals surface area contributed by atoms with Crippen LogP contribution in [0.3, 0.4) is 0 Å². The smallest absolute Gasteiger partial charge is 0.345 e. The average Bonchev–Trinajstić information content (AvgIpc) is 3.06. The number of nitrogens with zero attached hydrogens (tertiary/aromatic N) is 5. The van der Waals surface area contributed by atoms with Crippen molar-refractivity contribution in [1.29, 1.82) is 0 Å². The Hall–Kier alpha value is -3.01. The summed E-state index contributed by atoms with van der Waals surface area (Å²) in [6.07, 6.45) is 0. The third-order valence-corrected chi connectivity index (χ3v) is 4.34. The van der Waals surface area contributed by atoms with E-state index >= 15 is 0 Å². The van der Waals surface area contributed by atoms with Gasteiger partial charge < -0.3 is 14.2 Å². The second-order valence-corrected chi connectivity index (χ2v) is 6.17. The molecule has 0 N–H and O–H groups in total. The van der Waals surface area contributed by atoms with Crippen molar-refractivity contribution in [2.24, 2.45) is 0 Å². The largest absolute Gasteiger partial charge is 0.462 e. The second kappa shape index (κ2) is 8.12. The highest BCUT2D eigenvalue weighted by atomic mass is 16.6. The summed E-state index contributed by atoms with van der Waals surface area (Å²) in [5.74, 6) is 0.513. The molecule has 1 aromatic heterocycles. The van der Waals surface area contributed by atoms with Gasteiger partial charge in [-0.05, 0) is 19.1 Å². The fraction of sp³-hybridized carbons (Fsp3) is 0.471. The summed E-state index contributed by atoms with van der Waals surface area (Å²) in [5.41, 5.74) is 0.492. The lowest BCUT2D eigenvalue weighted by Gasteiger charge is -2.35. The van der Waals surface area contributed by atoms with Gasteiger partial charge in [-0.25, -0.2) is 4.79 Å². The molecule has 0 radical (unpaired) electrons. The zero-order chi connectivity index (χ0) is 19.4. The minimum absolute atomic E-state index is 0.0240. The molecule has 0 bridgehead atoms. The van der Waals surface area contributed by atoms with E-state index in [0.717, 1.165) is 31.9 Å². The number of esters is 1. The summed E-state index contributed by atoms with van der Waals surface area (Å²) in [7, 11) is 0. The molecule has 0 spiro atoms. The van der Waals surface area contributed by atoms with Crippen molar-refractivity contribution in [2.45, 2.75) is 20.4 Å². The van der Waals surface area contributed by atoms with E-state index in [1.165, 1.54) is 12.1 Å². The summed E-state index contributed by atoms with van der Waals surface area (Å²) in [4.78, 5) is 31.2. The molecule has 1 aliphatic rings. The monoisotopic (exact) mass is 375 g/mol. The van der Waals surface area contributed by atoms with E-state index in [4.69, 9.17) is 9.26 Å². The third kappa shape index (κ3) is 4.40. The number of hydrogen-bond acceptors (Lipinski definition) is 9. The number of piperazine rings is 1. The molecule has 1 saturated heterocycles. The normalized spacial score (nSPS) is 15.0. The first-order valence-corrected chi connectivity index (χ1v) is 8.70. The molecule has 3 rings (SSSR count). The van der Waals surface area contributed by atoms with Gasteiger partial charge in [-0.1, -0.05) is 5.16 Å². The summed E-state index contributed by atoms with van der Waals surface area (Å²) in [6.45, 7) is 7.18. The summed E-state index contributed by atoms with van der Waals surface area (Å²) >= 11 is 0. The molecule has 1 aliphatic heterocycles. The lowest BCUT2D eigenvalue weighted by atomic mass is 10.1. The highest BCUT2D eigenvalue weighted by Gasteiger charge is 2.25. The van der Waals surface area contributed by atoms with Crippen molar-refractivity contribution < 1.29 is 19.0 Å². The second-order valence-electron chi connectivity index (χ2n) is 6.17. The number of aryl methyl sites for hydroxylation is 1. The van der Waals surface area contributed by atoms with Crippen LogP contribution in [0.1, 0.15) is 29.0 Å². The number of anilines is 1. The van der Waals surface area contributed by atoms with Crippen LogP contribution in [0.15, 0.2) is 22.7 Å². The van der Waals surface area contributed by atoms with Crippen LogP contribution in [0.5, 0.6) is 0 Å². The van der Waals surface area contributed by atoms with E-state index in [0.29, 0.717) is 18.3 Å². The van der Waals surface area contributed by atoms with Crippen molar-refractivity contribution in [1.82, 2.24) is 15.0 Å². The van der Waals surface area contributed by atoms with E-state index in [1.54, 1.807) is 19.9 Å². The molecule has 0 atom stereocenters. The summed E-state index contributed by atoms with van der Waals surface area (Å²) in [5, 5.41) is 15.1. The van der Waals surface area contributed by atoms with Crippen molar-refractivity contribution in [3.8, 4) is 0 Å². The minimum atomic E-state index is -0.683. The van der Waals surface area contributed by atoms with Crippen LogP contribution in [0.2, 0.25) is 0 Å². The molecule has 2 heterocycles. The lowest BCUT2D eigenvalue weighted by molar-refractivity contribution is -0.385. The maximum Gasteiger partial charge on any atom is 0.345 e. The molecular formula is C17H21N5O5. The topological polar surface area (TPSA) is 115 Å². The Morgan fingerprint density at radius 2 is 2.07 bits per heavy atom. The quantitative estimate of drug-likeness (QED) is 0.423. The van der Waals surface area contributed by atoms with Gasteiger partial charge in [-0.3, -0.25) is 15.0 Å². The highest BCUT2D eigenvalue weighted by Crippen LogP contribution is 2.26. The number of ether oxygens (including phenoxy) is 1. The zero-order valence-electron chi connectivity index (χ0n) is 15.3. The Morgan fingerprint density at radius 3 is 2.67 bits per heavy atom. The Kier molecular flexibility index (Phi) is 5.65. The van der Waals surface area contributed by atoms with Crippen molar-refractivity contribution in [3.63, 3.8) is 0 Å². The molecule has 0 aliphatic carbocycles. The third-order valence-electron chi connectivity index (χ3n) is 4.34. The Labute approximate surface area is 155 Å². The maximum atomic E-state index is 12.1. The van der Waals surface area contributed by atoms with Gasteiger partial charge in [0.25, 0.3) is 5.69 Å². The average molecular weight is 375 g/mol. The van der Waals surface area contributed by atoms with E-state index in [-0.39, 0.29) is 17.9 Å². The van der Waals surface area contributed by atoms with E-state index in [2.05, 4.69) is 19.9 Å². The first kappa shape index (κ1) is 18.8. The van der Waals surface area contributed by atoms with Crippen LogP contribution in [0, 0.1) is 17.0 Å². The number of nitro groups is 1. The first-order chi connectivity index (χ1) is 13.0. The number of carbonyl (C=O) groups excluding carboxylic acids is 1. The van der Waals surface area contributed by atoms with Gasteiger partial charge in [0, 0.05) is 44.9 Å². The number of aromatic nitrogens is 2. The van der Waals surface area contributed by atoms with Crippen molar-refractivity contribution in [2.75, 3.05) is 37.7 Å². The van der Waals surface area contributed by atoms with Gasteiger partial charge in [0.15, 0.2) is 5.82 Å². The first-order valence-electron chi connectivity index (χ1n) is 8.70. The van der Waals surface area contributed by atoms with Crippen molar-refractivity contribution >= 4 is 17.3 Å². The molecule has 144 valence electrons. The molecule has 2 aromatic rings. The molecule has 27 heavy (non-hydrogen) atoms. The highest BCUT2D eigenvalue weighted by molar-refractivity contribution is 5.95. The van der Waals surface area contributed by atoms with Crippen LogP contribution >= 0.6 is 0 Å². The van der Waals surface area contributed by atoms with Gasteiger partial charge in [-0.2, -0.15) is 4.98 Å². The van der Waals surface area contributed by atoms with Gasteiger partial charge in [0.2, 0.25) is 5.89 Å². The van der Waals surface area contributed by atoms with Crippen LogP contribution < -0.4 is 4.90 Å². The van der Waals surface area contributed by atoms with Crippen molar-refractivity contribution in [3.05, 3.63) is 45.6 Å². The molecule has 1 fully saturated rings. The van der Waals surface area contributed by atoms with Gasteiger partial charge in [-0.15, -0.1) is 0 Å². The van der Waals surface area contributed by atoms with E-state index < -0.39 is 10.9 Å². The Morgan fingerprint density at radius 1 is 1.33 bits per heavy atom. The van der Waals surface area contributed by atoms with Crippen LogP contribution in [-0.2, 0) is 11.3 Å². The fourth-order valence-corrected chi connectivity index (χ4v) is 3.02. The van der Waals surface area contributed by atoms with Crippen LogP contribution in [0.4, 0.5) is 11.4 Å². The van der Waals surface area contributed by atoms with E-state index in [9.17, 15) is 14.9 Å². The lowest BCUT2D eigenvalue weighted by Crippen LogP contribution is -2.46.